The highest BCUT2D eigenvalue weighted by molar-refractivity contribution is 8.00. The van der Waals surface area contributed by atoms with Crippen molar-refractivity contribution in [3.8, 4) is 22.3 Å². The summed E-state index contributed by atoms with van der Waals surface area (Å²) in [5.74, 6) is -0.245. The number of hydrogen-bond acceptors (Lipinski definition) is 4. The summed E-state index contributed by atoms with van der Waals surface area (Å²) in [6.45, 7) is 16.2. The minimum Gasteiger partial charge on any atom is -0.481 e. The SMILES string of the molecule is CC(C)(C)O.CCCC(CCC)C1c2ccccc2-c2c(C)c(-c3ccc(C)cc3)c(CC(=O)O)c(C)c2N1SC. The average molecular weight is 576 g/mol. The molecule has 0 saturated carbocycles. The normalized spacial score (nSPS) is 14.3. The zero-order chi connectivity index (χ0) is 30.5. The van der Waals surface area contributed by atoms with Crippen LogP contribution in [0.2, 0.25) is 0 Å². The van der Waals surface area contributed by atoms with E-state index in [0.29, 0.717) is 5.92 Å². The third kappa shape index (κ3) is 7.55. The monoisotopic (exact) mass is 575 g/mol. The molecule has 1 unspecified atom stereocenters. The van der Waals surface area contributed by atoms with E-state index in [1.165, 1.54) is 46.3 Å². The molecule has 1 aliphatic rings. The quantitative estimate of drug-likeness (QED) is 0.249. The first-order valence-corrected chi connectivity index (χ1v) is 16.1. The van der Waals surface area contributed by atoms with Gasteiger partial charge in [0, 0.05) is 11.8 Å². The van der Waals surface area contributed by atoms with Crippen LogP contribution in [-0.2, 0) is 11.2 Å². The van der Waals surface area contributed by atoms with Gasteiger partial charge in [0.25, 0.3) is 0 Å². The number of aliphatic carboxylic acids is 1. The van der Waals surface area contributed by atoms with Gasteiger partial charge in [-0.1, -0.05) is 92.7 Å². The molecule has 0 fully saturated rings. The van der Waals surface area contributed by atoms with Crippen LogP contribution in [0.25, 0.3) is 22.3 Å². The molecule has 0 saturated heterocycles. The summed E-state index contributed by atoms with van der Waals surface area (Å²) in [6, 6.07) is 17.7. The Morgan fingerprint density at radius 3 is 2.00 bits per heavy atom. The van der Waals surface area contributed by atoms with Gasteiger partial charge >= 0.3 is 5.97 Å². The molecule has 0 spiro atoms. The van der Waals surface area contributed by atoms with Crippen LogP contribution >= 0.6 is 11.9 Å². The molecule has 3 aromatic carbocycles. The first-order valence-electron chi connectivity index (χ1n) is 14.9. The molecule has 0 aliphatic carbocycles. The molecule has 5 heteroatoms. The van der Waals surface area contributed by atoms with Gasteiger partial charge in [-0.2, -0.15) is 0 Å². The fourth-order valence-electron chi connectivity index (χ4n) is 6.23. The van der Waals surface area contributed by atoms with Crippen molar-refractivity contribution in [1.82, 2.24) is 0 Å². The van der Waals surface area contributed by atoms with Crippen LogP contribution < -0.4 is 4.31 Å². The van der Waals surface area contributed by atoms with Crippen molar-refractivity contribution < 1.29 is 15.0 Å². The van der Waals surface area contributed by atoms with E-state index in [-0.39, 0.29) is 12.5 Å². The summed E-state index contributed by atoms with van der Waals surface area (Å²) < 4.78 is 2.51. The van der Waals surface area contributed by atoms with Crippen LogP contribution in [0.15, 0.2) is 48.5 Å². The van der Waals surface area contributed by atoms with Crippen molar-refractivity contribution in [2.24, 2.45) is 5.92 Å². The van der Waals surface area contributed by atoms with Crippen molar-refractivity contribution in [3.05, 3.63) is 76.3 Å². The van der Waals surface area contributed by atoms with Gasteiger partial charge in [-0.3, -0.25) is 4.79 Å². The zero-order valence-corrected chi connectivity index (χ0v) is 27.3. The first kappa shape index (κ1) is 32.8. The number of aliphatic hydroxyl groups is 1. The van der Waals surface area contributed by atoms with E-state index >= 15 is 0 Å². The van der Waals surface area contributed by atoms with Crippen LogP contribution in [0.4, 0.5) is 5.69 Å². The Morgan fingerprint density at radius 2 is 1.49 bits per heavy atom. The third-order valence-electron chi connectivity index (χ3n) is 7.75. The maximum Gasteiger partial charge on any atom is 0.307 e. The minimum atomic E-state index is -0.788. The number of carboxylic acid groups (broad SMARTS) is 1. The van der Waals surface area contributed by atoms with Crippen molar-refractivity contribution >= 4 is 23.6 Å². The Balaban J connectivity index is 0.000000850. The highest BCUT2D eigenvalue weighted by atomic mass is 32.2. The zero-order valence-electron chi connectivity index (χ0n) is 26.5. The summed E-state index contributed by atoms with van der Waals surface area (Å²) >= 11 is 1.78. The van der Waals surface area contributed by atoms with E-state index in [1.807, 2.05) is 0 Å². The highest BCUT2D eigenvalue weighted by Crippen LogP contribution is 2.56. The number of carboxylic acids is 1. The maximum atomic E-state index is 12.1. The van der Waals surface area contributed by atoms with Gasteiger partial charge < -0.3 is 14.5 Å². The van der Waals surface area contributed by atoms with Crippen molar-refractivity contribution in [1.29, 1.82) is 0 Å². The number of rotatable bonds is 9. The number of benzene rings is 3. The second kappa shape index (κ2) is 13.9. The highest BCUT2D eigenvalue weighted by Gasteiger charge is 2.38. The Kier molecular flexibility index (Phi) is 11.1. The van der Waals surface area contributed by atoms with Gasteiger partial charge in [0.1, 0.15) is 0 Å². The summed E-state index contributed by atoms with van der Waals surface area (Å²) in [5.41, 5.74) is 11.2. The molecule has 1 atom stereocenters. The average Bonchev–Trinajstić information content (AvgIpc) is 2.90. The van der Waals surface area contributed by atoms with Gasteiger partial charge in [0.15, 0.2) is 0 Å². The number of anilines is 1. The number of fused-ring (bicyclic) bond motifs is 3. The van der Waals surface area contributed by atoms with E-state index < -0.39 is 11.6 Å². The molecule has 0 aromatic heterocycles. The predicted octanol–water partition coefficient (Wildman–Crippen LogP) is 9.71. The van der Waals surface area contributed by atoms with Gasteiger partial charge in [-0.15, -0.1) is 0 Å². The number of hydrogen-bond donors (Lipinski definition) is 2. The molecule has 1 aliphatic heterocycles. The maximum absolute atomic E-state index is 12.1. The minimum absolute atomic E-state index is 0.0189. The number of carbonyl (C=O) groups is 1. The van der Waals surface area contributed by atoms with Crippen LogP contribution in [-0.4, -0.2) is 28.0 Å². The predicted molar refractivity (Wildman–Crippen MR) is 177 cm³/mol. The molecule has 1 heterocycles. The molecule has 222 valence electrons. The van der Waals surface area contributed by atoms with Gasteiger partial charge in [0.05, 0.1) is 23.8 Å². The van der Waals surface area contributed by atoms with Crippen molar-refractivity contribution in [2.45, 2.75) is 99.1 Å². The second-order valence-corrected chi connectivity index (χ2v) is 13.1. The lowest BCUT2D eigenvalue weighted by Gasteiger charge is -2.44. The number of aryl methyl sites for hydroxylation is 1. The van der Waals surface area contributed by atoms with Crippen LogP contribution in [0, 0.1) is 26.7 Å². The molecule has 4 nitrogen and oxygen atoms in total. The van der Waals surface area contributed by atoms with Gasteiger partial charge in [0.2, 0.25) is 0 Å². The van der Waals surface area contributed by atoms with Gasteiger partial charge in [-0.25, -0.2) is 0 Å². The van der Waals surface area contributed by atoms with E-state index in [4.69, 9.17) is 5.11 Å². The van der Waals surface area contributed by atoms with E-state index in [1.54, 1.807) is 32.7 Å². The molecule has 0 radical (unpaired) electrons. The molecular weight excluding hydrogens is 526 g/mol. The molecular formula is C36H49NO3S. The molecule has 2 N–H and O–H groups in total. The summed E-state index contributed by atoms with van der Waals surface area (Å²) in [6.07, 6.45) is 6.87. The Bertz CT molecular complexity index is 1330. The molecule has 3 aromatic rings. The smallest absolute Gasteiger partial charge is 0.307 e. The fourth-order valence-corrected chi connectivity index (χ4v) is 7.16. The number of nitrogens with zero attached hydrogens (tertiary/aromatic N) is 1. The van der Waals surface area contributed by atoms with E-state index in [2.05, 4.69) is 93.7 Å². The lowest BCUT2D eigenvalue weighted by molar-refractivity contribution is -0.136. The van der Waals surface area contributed by atoms with Crippen molar-refractivity contribution in [3.63, 3.8) is 0 Å². The Labute approximate surface area is 252 Å². The third-order valence-corrected chi connectivity index (χ3v) is 8.55. The standard InChI is InChI=1S/C32H39NO2S.C4H10O/c1-7-11-24(12-8-2)32-26-14-10-9-13-25(26)30-22(5)29(23-17-15-20(3)16-18-23)27(19-28(34)35)21(4)31(30)33(32)36-6;1-4(2,3)5/h9-10,13-18,24,32H,7-8,11-12,19H2,1-6H3,(H,34,35);5H,1-3H3. The lowest BCUT2D eigenvalue weighted by atomic mass is 9.76. The lowest BCUT2D eigenvalue weighted by Crippen LogP contribution is -2.33. The van der Waals surface area contributed by atoms with E-state index in [9.17, 15) is 9.90 Å². The fraction of sp³-hybridized carbons (Fsp3) is 0.472. The van der Waals surface area contributed by atoms with Crippen LogP contribution in [0.1, 0.15) is 94.2 Å². The first-order chi connectivity index (χ1) is 19.3. The molecule has 0 amide bonds. The summed E-state index contributed by atoms with van der Waals surface area (Å²) in [5, 5.41) is 18.5. The van der Waals surface area contributed by atoms with Crippen LogP contribution in [0.5, 0.6) is 0 Å². The second-order valence-electron chi connectivity index (χ2n) is 12.3. The molecule has 4 rings (SSSR count). The summed E-state index contributed by atoms with van der Waals surface area (Å²) in [7, 11) is 0. The topological polar surface area (TPSA) is 60.8 Å². The van der Waals surface area contributed by atoms with Crippen LogP contribution in [0.3, 0.4) is 0 Å². The van der Waals surface area contributed by atoms with E-state index in [0.717, 1.165) is 35.1 Å². The Morgan fingerprint density at radius 1 is 0.927 bits per heavy atom. The largest absolute Gasteiger partial charge is 0.481 e. The molecule has 41 heavy (non-hydrogen) atoms. The van der Waals surface area contributed by atoms with Gasteiger partial charge in [-0.05, 0) is 99.2 Å². The Hall–Kier alpha value is -2.76. The van der Waals surface area contributed by atoms with Crippen molar-refractivity contribution in [2.75, 3.05) is 10.6 Å². The summed E-state index contributed by atoms with van der Waals surface area (Å²) in [4.78, 5) is 12.1. The molecule has 0 bridgehead atoms.